The van der Waals surface area contributed by atoms with Crippen molar-refractivity contribution in [1.82, 2.24) is 9.80 Å². The average Bonchev–Trinajstić information content (AvgIpc) is 2.41. The number of hydrogen-bond acceptors (Lipinski definition) is 2. The Balaban J connectivity index is 2.07. The predicted molar refractivity (Wildman–Crippen MR) is 78.5 cm³/mol. The van der Waals surface area contributed by atoms with Crippen molar-refractivity contribution in [3.63, 3.8) is 0 Å². The molecule has 0 N–H and O–H groups in total. The van der Waals surface area contributed by atoms with Gasteiger partial charge < -0.3 is 9.80 Å². The zero-order valence-electron chi connectivity index (χ0n) is 12.4. The van der Waals surface area contributed by atoms with Crippen LogP contribution >= 0.6 is 0 Å². The third kappa shape index (κ3) is 3.16. The van der Waals surface area contributed by atoms with Crippen LogP contribution in [-0.2, 0) is 0 Å². The van der Waals surface area contributed by atoms with Crippen molar-refractivity contribution >= 4 is 5.91 Å². The predicted octanol–water partition coefficient (Wildman–Crippen LogP) is 2.47. The molecule has 0 radical (unpaired) electrons. The van der Waals surface area contributed by atoms with Gasteiger partial charge in [0.05, 0.1) is 0 Å². The van der Waals surface area contributed by atoms with Crippen molar-refractivity contribution in [2.24, 2.45) is 0 Å². The summed E-state index contributed by atoms with van der Waals surface area (Å²) in [6, 6.07) is 6.72. The van der Waals surface area contributed by atoms with E-state index in [9.17, 15) is 4.79 Å². The van der Waals surface area contributed by atoms with Gasteiger partial charge in [-0.05, 0) is 52.4 Å². The van der Waals surface area contributed by atoms with Crippen molar-refractivity contribution < 1.29 is 4.79 Å². The van der Waals surface area contributed by atoms with Crippen molar-refractivity contribution in [1.29, 1.82) is 0 Å². The Morgan fingerprint density at radius 2 is 1.84 bits per heavy atom. The smallest absolute Gasteiger partial charge is 0.254 e. The van der Waals surface area contributed by atoms with Crippen LogP contribution in [0.3, 0.4) is 0 Å². The maximum Gasteiger partial charge on any atom is 0.254 e. The highest BCUT2D eigenvalue weighted by Gasteiger charge is 2.25. The van der Waals surface area contributed by atoms with Gasteiger partial charge in [0.15, 0.2) is 0 Å². The molecule has 1 amide bonds. The van der Waals surface area contributed by atoms with Gasteiger partial charge in [-0.15, -0.1) is 0 Å². The fraction of sp³-hybridized carbons (Fsp3) is 0.562. The zero-order valence-corrected chi connectivity index (χ0v) is 12.4. The summed E-state index contributed by atoms with van der Waals surface area (Å²) < 4.78 is 0. The monoisotopic (exact) mass is 260 g/mol. The van der Waals surface area contributed by atoms with E-state index in [0.717, 1.165) is 42.6 Å². The van der Waals surface area contributed by atoms with Crippen LogP contribution in [0.5, 0.6) is 0 Å². The summed E-state index contributed by atoms with van der Waals surface area (Å²) in [7, 11) is 4.24. The fourth-order valence-electron chi connectivity index (χ4n) is 2.72. The van der Waals surface area contributed by atoms with Crippen molar-refractivity contribution in [2.75, 3.05) is 27.2 Å². The minimum absolute atomic E-state index is 0.193. The Hall–Kier alpha value is -1.35. The van der Waals surface area contributed by atoms with Gasteiger partial charge >= 0.3 is 0 Å². The number of hydrogen-bond donors (Lipinski definition) is 0. The summed E-state index contributed by atoms with van der Waals surface area (Å²) >= 11 is 0. The molecule has 0 spiro atoms. The van der Waals surface area contributed by atoms with E-state index < -0.39 is 0 Å². The minimum atomic E-state index is 0.193. The minimum Gasteiger partial charge on any atom is -0.339 e. The lowest BCUT2D eigenvalue weighted by molar-refractivity contribution is 0.0662. The number of carbonyl (C=O) groups excluding carboxylic acids is 1. The van der Waals surface area contributed by atoms with Gasteiger partial charge in [0.25, 0.3) is 5.91 Å². The molecule has 1 aliphatic heterocycles. The van der Waals surface area contributed by atoms with E-state index >= 15 is 0 Å². The van der Waals surface area contributed by atoms with Crippen LogP contribution in [0.4, 0.5) is 0 Å². The Morgan fingerprint density at radius 1 is 1.21 bits per heavy atom. The van der Waals surface area contributed by atoms with Gasteiger partial charge in [0, 0.05) is 24.7 Å². The van der Waals surface area contributed by atoms with Gasteiger partial charge in [-0.25, -0.2) is 0 Å². The van der Waals surface area contributed by atoms with Crippen LogP contribution in [0.15, 0.2) is 18.2 Å². The molecule has 1 aliphatic rings. The fourth-order valence-corrected chi connectivity index (χ4v) is 2.72. The zero-order chi connectivity index (χ0) is 14.0. The Labute approximate surface area is 116 Å². The van der Waals surface area contributed by atoms with Crippen molar-refractivity contribution in [2.45, 2.75) is 32.7 Å². The lowest BCUT2D eigenvalue weighted by Crippen LogP contribution is -2.44. The number of likely N-dealkylation sites (tertiary alicyclic amines) is 1. The molecule has 0 saturated carbocycles. The largest absolute Gasteiger partial charge is 0.339 e. The van der Waals surface area contributed by atoms with Crippen molar-refractivity contribution in [3.8, 4) is 0 Å². The van der Waals surface area contributed by atoms with Gasteiger partial charge in [0.1, 0.15) is 0 Å². The van der Waals surface area contributed by atoms with Crippen LogP contribution in [0, 0.1) is 13.8 Å². The molecular formula is C16H24N2O. The lowest BCUT2D eigenvalue weighted by atomic mass is 10.0. The van der Waals surface area contributed by atoms with Crippen LogP contribution in [0.2, 0.25) is 0 Å². The Morgan fingerprint density at radius 3 is 2.42 bits per heavy atom. The van der Waals surface area contributed by atoms with E-state index in [1.165, 1.54) is 0 Å². The topological polar surface area (TPSA) is 23.6 Å². The number of nitrogens with zero attached hydrogens (tertiary/aromatic N) is 2. The molecule has 0 aromatic heterocycles. The third-order valence-electron chi connectivity index (χ3n) is 4.11. The highest BCUT2D eigenvalue weighted by atomic mass is 16.2. The maximum atomic E-state index is 12.6. The second kappa shape index (κ2) is 5.74. The number of amides is 1. The van der Waals surface area contributed by atoms with Gasteiger partial charge in [-0.3, -0.25) is 4.79 Å². The first-order chi connectivity index (χ1) is 8.99. The summed E-state index contributed by atoms with van der Waals surface area (Å²) in [4.78, 5) is 16.8. The molecule has 3 heteroatoms. The summed E-state index contributed by atoms with van der Waals surface area (Å²) in [5, 5.41) is 0. The normalized spacial score (nSPS) is 17.0. The molecule has 0 bridgehead atoms. The molecule has 0 unspecified atom stereocenters. The lowest BCUT2D eigenvalue weighted by Gasteiger charge is -2.35. The van der Waals surface area contributed by atoms with Gasteiger partial charge in [-0.1, -0.05) is 17.7 Å². The van der Waals surface area contributed by atoms with Crippen molar-refractivity contribution in [3.05, 3.63) is 34.9 Å². The molecule has 19 heavy (non-hydrogen) atoms. The Kier molecular flexibility index (Phi) is 4.25. The Bertz CT molecular complexity index is 460. The van der Waals surface area contributed by atoms with Gasteiger partial charge in [0.2, 0.25) is 0 Å². The van der Waals surface area contributed by atoms with Gasteiger partial charge in [-0.2, -0.15) is 0 Å². The molecule has 1 fully saturated rings. The summed E-state index contributed by atoms with van der Waals surface area (Å²) in [5.41, 5.74) is 3.09. The highest BCUT2D eigenvalue weighted by molar-refractivity contribution is 5.95. The van der Waals surface area contributed by atoms with E-state index in [1.54, 1.807) is 0 Å². The van der Waals surface area contributed by atoms with Crippen LogP contribution < -0.4 is 0 Å². The molecule has 2 rings (SSSR count). The highest BCUT2D eigenvalue weighted by Crippen LogP contribution is 2.19. The first kappa shape index (κ1) is 14.1. The standard InChI is InChI=1S/C16H24N2O/c1-12-5-6-13(2)15(11-12)16(19)18-9-7-14(8-10-18)17(3)4/h5-6,11,14H,7-10H2,1-4H3. The number of benzene rings is 1. The second-order valence-corrected chi connectivity index (χ2v) is 5.81. The molecule has 0 aliphatic carbocycles. The average molecular weight is 260 g/mol. The number of piperidine rings is 1. The summed E-state index contributed by atoms with van der Waals surface area (Å²) in [6.45, 7) is 5.79. The third-order valence-corrected chi connectivity index (χ3v) is 4.11. The van der Waals surface area contributed by atoms with E-state index in [0.29, 0.717) is 6.04 Å². The molecule has 104 valence electrons. The summed E-state index contributed by atoms with van der Waals surface area (Å²) in [6.07, 6.45) is 2.15. The van der Waals surface area contributed by atoms with E-state index in [1.807, 2.05) is 30.9 Å². The summed E-state index contributed by atoms with van der Waals surface area (Å²) in [5.74, 6) is 0.193. The number of rotatable bonds is 2. The molecule has 1 aromatic rings. The van der Waals surface area contributed by atoms with E-state index in [2.05, 4.69) is 25.1 Å². The first-order valence-electron chi connectivity index (χ1n) is 7.02. The maximum absolute atomic E-state index is 12.6. The molecule has 1 saturated heterocycles. The SMILES string of the molecule is Cc1ccc(C)c(C(=O)N2CCC(N(C)C)CC2)c1. The molecule has 3 nitrogen and oxygen atoms in total. The number of aryl methyl sites for hydroxylation is 2. The van der Waals surface area contributed by atoms with E-state index in [-0.39, 0.29) is 5.91 Å². The second-order valence-electron chi connectivity index (χ2n) is 5.81. The first-order valence-corrected chi connectivity index (χ1v) is 7.02. The molecule has 1 heterocycles. The van der Waals surface area contributed by atoms with Crippen LogP contribution in [0.1, 0.15) is 34.3 Å². The van der Waals surface area contributed by atoms with Crippen LogP contribution in [0.25, 0.3) is 0 Å². The molecular weight excluding hydrogens is 236 g/mol. The van der Waals surface area contributed by atoms with Crippen LogP contribution in [-0.4, -0.2) is 48.9 Å². The molecule has 1 aromatic carbocycles. The number of carbonyl (C=O) groups is 1. The molecule has 0 atom stereocenters. The quantitative estimate of drug-likeness (QED) is 0.815. The van der Waals surface area contributed by atoms with E-state index in [4.69, 9.17) is 0 Å².